The molecule has 124 valence electrons. The van der Waals surface area contributed by atoms with E-state index in [1.807, 2.05) is 18.2 Å². The van der Waals surface area contributed by atoms with Gasteiger partial charge >= 0.3 is 0 Å². The van der Waals surface area contributed by atoms with Crippen molar-refractivity contribution in [3.05, 3.63) is 40.2 Å². The Balaban J connectivity index is 2.21. The van der Waals surface area contributed by atoms with Gasteiger partial charge in [0.15, 0.2) is 11.5 Å². The van der Waals surface area contributed by atoms with Crippen molar-refractivity contribution < 1.29 is 14.3 Å². The number of aryl methyl sites for hydroxylation is 2. The summed E-state index contributed by atoms with van der Waals surface area (Å²) >= 11 is 6.16. The van der Waals surface area contributed by atoms with Crippen LogP contribution in [0.2, 0.25) is 5.15 Å². The minimum Gasteiger partial charge on any atom is -0.493 e. The highest BCUT2D eigenvalue weighted by Crippen LogP contribution is 2.28. The number of halogens is 1. The van der Waals surface area contributed by atoms with Crippen LogP contribution in [0.15, 0.2) is 18.2 Å². The van der Waals surface area contributed by atoms with Gasteiger partial charge in [-0.3, -0.25) is 9.48 Å². The van der Waals surface area contributed by atoms with Crippen molar-refractivity contribution in [3.8, 4) is 11.5 Å². The normalized spacial score (nSPS) is 10.5. The van der Waals surface area contributed by atoms with Crippen molar-refractivity contribution in [2.75, 3.05) is 21.3 Å². The van der Waals surface area contributed by atoms with Gasteiger partial charge in [0.1, 0.15) is 5.15 Å². The van der Waals surface area contributed by atoms with Gasteiger partial charge in [0, 0.05) is 20.6 Å². The number of hydrogen-bond acceptors (Lipinski definition) is 4. The van der Waals surface area contributed by atoms with Gasteiger partial charge in [0.25, 0.3) is 5.91 Å². The average Bonchev–Trinajstić information content (AvgIpc) is 2.79. The van der Waals surface area contributed by atoms with E-state index in [9.17, 15) is 4.79 Å². The summed E-state index contributed by atoms with van der Waals surface area (Å²) in [7, 11) is 6.60. The first-order valence-corrected chi connectivity index (χ1v) is 7.42. The third-order valence-electron chi connectivity index (χ3n) is 3.58. The zero-order chi connectivity index (χ0) is 17.1. The Morgan fingerprint density at radius 2 is 1.96 bits per heavy atom. The van der Waals surface area contributed by atoms with Gasteiger partial charge in [-0.1, -0.05) is 17.7 Å². The molecule has 0 saturated heterocycles. The van der Waals surface area contributed by atoms with Gasteiger partial charge in [-0.05, 0) is 24.6 Å². The Bertz CT molecular complexity index is 728. The lowest BCUT2D eigenvalue weighted by molar-refractivity contribution is 0.0784. The van der Waals surface area contributed by atoms with Crippen LogP contribution < -0.4 is 9.47 Å². The standard InChI is InChI=1S/C16H20ClN3O3/c1-10-14(15(17)20(3)18-10)16(21)19(2)9-11-6-7-12(22-4)13(8-11)23-5/h6-8H,9H2,1-5H3. The highest BCUT2D eigenvalue weighted by Gasteiger charge is 2.22. The summed E-state index contributed by atoms with van der Waals surface area (Å²) < 4.78 is 12.0. The van der Waals surface area contributed by atoms with Gasteiger partial charge < -0.3 is 14.4 Å². The number of carbonyl (C=O) groups excluding carboxylic acids is 1. The van der Waals surface area contributed by atoms with Crippen LogP contribution in [0.5, 0.6) is 11.5 Å². The van der Waals surface area contributed by atoms with E-state index in [2.05, 4.69) is 5.10 Å². The summed E-state index contributed by atoms with van der Waals surface area (Å²) in [5.41, 5.74) is 1.97. The van der Waals surface area contributed by atoms with Crippen LogP contribution in [0.4, 0.5) is 0 Å². The van der Waals surface area contributed by atoms with E-state index in [1.54, 1.807) is 40.1 Å². The summed E-state index contributed by atoms with van der Waals surface area (Å²) in [5, 5.41) is 4.51. The maximum atomic E-state index is 12.6. The van der Waals surface area contributed by atoms with Crippen LogP contribution in [0.1, 0.15) is 21.6 Å². The van der Waals surface area contributed by atoms with Gasteiger partial charge in [-0.25, -0.2) is 0 Å². The Hall–Kier alpha value is -2.21. The molecule has 23 heavy (non-hydrogen) atoms. The highest BCUT2D eigenvalue weighted by atomic mass is 35.5. The molecule has 0 aliphatic rings. The van der Waals surface area contributed by atoms with Crippen LogP contribution in [0.25, 0.3) is 0 Å². The number of rotatable bonds is 5. The van der Waals surface area contributed by atoms with E-state index in [1.165, 1.54) is 4.68 Å². The van der Waals surface area contributed by atoms with Crippen LogP contribution in [0.3, 0.4) is 0 Å². The number of ether oxygens (including phenoxy) is 2. The van der Waals surface area contributed by atoms with Crippen LogP contribution in [0, 0.1) is 6.92 Å². The fourth-order valence-electron chi connectivity index (χ4n) is 2.39. The minimum absolute atomic E-state index is 0.171. The van der Waals surface area contributed by atoms with Crippen molar-refractivity contribution >= 4 is 17.5 Å². The molecule has 1 heterocycles. The molecule has 2 aromatic rings. The zero-order valence-corrected chi connectivity index (χ0v) is 14.6. The van der Waals surface area contributed by atoms with E-state index >= 15 is 0 Å². The second-order valence-electron chi connectivity index (χ2n) is 5.23. The van der Waals surface area contributed by atoms with E-state index in [4.69, 9.17) is 21.1 Å². The molecule has 0 aliphatic heterocycles. The second-order valence-corrected chi connectivity index (χ2v) is 5.58. The first kappa shape index (κ1) is 17.1. The molecule has 6 nitrogen and oxygen atoms in total. The Kier molecular flexibility index (Phi) is 5.15. The van der Waals surface area contributed by atoms with Gasteiger partial charge in [0.2, 0.25) is 0 Å². The van der Waals surface area contributed by atoms with Gasteiger partial charge in [-0.2, -0.15) is 5.10 Å². The predicted octanol–water partition coefficient (Wildman–Crippen LogP) is 2.67. The highest BCUT2D eigenvalue weighted by molar-refractivity contribution is 6.33. The first-order valence-electron chi connectivity index (χ1n) is 7.04. The molecule has 1 aromatic heterocycles. The SMILES string of the molecule is COc1ccc(CN(C)C(=O)c2c(C)nn(C)c2Cl)cc1OC. The van der Waals surface area contributed by atoms with Gasteiger partial charge in [0.05, 0.1) is 25.5 Å². The summed E-state index contributed by atoms with van der Waals surface area (Å²) in [4.78, 5) is 14.2. The molecular weight excluding hydrogens is 318 g/mol. The summed E-state index contributed by atoms with van der Waals surface area (Å²) in [6.07, 6.45) is 0. The fourth-order valence-corrected chi connectivity index (χ4v) is 2.64. The van der Waals surface area contributed by atoms with Crippen LogP contribution in [-0.2, 0) is 13.6 Å². The molecule has 0 N–H and O–H groups in total. The minimum atomic E-state index is -0.171. The molecule has 7 heteroatoms. The van der Waals surface area contributed by atoms with E-state index in [0.717, 1.165) is 5.56 Å². The molecule has 0 radical (unpaired) electrons. The Morgan fingerprint density at radius 3 is 2.48 bits per heavy atom. The van der Waals surface area contributed by atoms with E-state index < -0.39 is 0 Å². The second kappa shape index (κ2) is 6.91. The summed E-state index contributed by atoms with van der Waals surface area (Å²) in [5.74, 6) is 1.10. The monoisotopic (exact) mass is 337 g/mol. The molecule has 1 aromatic carbocycles. The van der Waals surface area contributed by atoms with Crippen molar-refractivity contribution in [1.29, 1.82) is 0 Å². The Labute approximate surface area is 140 Å². The van der Waals surface area contributed by atoms with Crippen molar-refractivity contribution in [3.63, 3.8) is 0 Å². The zero-order valence-electron chi connectivity index (χ0n) is 13.9. The quantitative estimate of drug-likeness (QED) is 0.841. The van der Waals surface area contributed by atoms with Crippen LogP contribution in [-0.4, -0.2) is 41.9 Å². The molecule has 0 saturated carbocycles. The van der Waals surface area contributed by atoms with E-state index in [0.29, 0.717) is 34.5 Å². The molecule has 0 atom stereocenters. The maximum absolute atomic E-state index is 12.6. The smallest absolute Gasteiger partial charge is 0.258 e. The molecule has 0 aliphatic carbocycles. The number of hydrogen-bond donors (Lipinski definition) is 0. The molecule has 0 fully saturated rings. The van der Waals surface area contributed by atoms with Crippen molar-refractivity contribution in [1.82, 2.24) is 14.7 Å². The molecule has 0 spiro atoms. The summed E-state index contributed by atoms with van der Waals surface area (Å²) in [6, 6.07) is 5.55. The predicted molar refractivity (Wildman–Crippen MR) is 88.3 cm³/mol. The molecule has 0 bridgehead atoms. The topological polar surface area (TPSA) is 56.6 Å². The van der Waals surface area contributed by atoms with E-state index in [-0.39, 0.29) is 5.91 Å². The number of amides is 1. The number of carbonyl (C=O) groups is 1. The number of benzene rings is 1. The van der Waals surface area contributed by atoms with Crippen molar-refractivity contribution in [2.45, 2.75) is 13.5 Å². The fraction of sp³-hybridized carbons (Fsp3) is 0.375. The Morgan fingerprint density at radius 1 is 1.30 bits per heavy atom. The number of methoxy groups -OCH3 is 2. The van der Waals surface area contributed by atoms with Crippen molar-refractivity contribution in [2.24, 2.45) is 7.05 Å². The lowest BCUT2D eigenvalue weighted by Gasteiger charge is -2.18. The first-order chi connectivity index (χ1) is 10.9. The molecular formula is C16H20ClN3O3. The van der Waals surface area contributed by atoms with Crippen LogP contribution >= 0.6 is 11.6 Å². The summed E-state index contributed by atoms with van der Waals surface area (Å²) in [6.45, 7) is 2.19. The number of aromatic nitrogens is 2. The third-order valence-corrected chi connectivity index (χ3v) is 4.01. The molecule has 1 amide bonds. The molecule has 0 unspecified atom stereocenters. The maximum Gasteiger partial charge on any atom is 0.258 e. The average molecular weight is 338 g/mol. The largest absolute Gasteiger partial charge is 0.493 e. The lowest BCUT2D eigenvalue weighted by Crippen LogP contribution is -2.26. The molecule has 2 rings (SSSR count). The third kappa shape index (κ3) is 3.42. The lowest BCUT2D eigenvalue weighted by atomic mass is 10.1. The van der Waals surface area contributed by atoms with Gasteiger partial charge in [-0.15, -0.1) is 0 Å². The number of nitrogens with zero attached hydrogens (tertiary/aromatic N) is 3.